The second kappa shape index (κ2) is 11.0. The van der Waals surface area contributed by atoms with E-state index in [2.05, 4.69) is 5.32 Å². The van der Waals surface area contributed by atoms with Gasteiger partial charge in [-0.1, -0.05) is 78.9 Å². The molecule has 4 rings (SSSR count). The van der Waals surface area contributed by atoms with E-state index in [0.717, 1.165) is 22.4 Å². The number of hydrogen-bond donors (Lipinski definition) is 2. The molecular formula is C29H25NO4. The molecule has 2 N–H and O–H groups in total. The van der Waals surface area contributed by atoms with Crippen LogP contribution in [0.1, 0.15) is 32.6 Å². The van der Waals surface area contributed by atoms with Gasteiger partial charge in [-0.05, 0) is 46.5 Å². The van der Waals surface area contributed by atoms with Crippen molar-refractivity contribution in [3.63, 3.8) is 0 Å². The maximum atomic E-state index is 12.7. The van der Waals surface area contributed by atoms with Crippen LogP contribution in [0.25, 0.3) is 0 Å². The highest BCUT2D eigenvalue weighted by atomic mass is 16.5. The van der Waals surface area contributed by atoms with Crippen LogP contribution in [0.3, 0.4) is 0 Å². The van der Waals surface area contributed by atoms with E-state index >= 15 is 0 Å². The highest BCUT2D eigenvalue weighted by Gasteiger charge is 2.13. The number of carboxylic acids is 1. The summed E-state index contributed by atoms with van der Waals surface area (Å²) in [6, 6.07) is 31.8. The van der Waals surface area contributed by atoms with E-state index < -0.39 is 5.97 Å². The Morgan fingerprint density at radius 1 is 0.706 bits per heavy atom. The average Bonchev–Trinajstić information content (AvgIpc) is 2.85. The Balaban J connectivity index is 1.38. The lowest BCUT2D eigenvalue weighted by atomic mass is 9.98. The minimum absolute atomic E-state index is 0.142. The Labute approximate surface area is 198 Å². The number of anilines is 1. The summed E-state index contributed by atoms with van der Waals surface area (Å²) in [6.45, 7) is 0.489. The summed E-state index contributed by atoms with van der Waals surface area (Å²) >= 11 is 0. The average molecular weight is 452 g/mol. The normalized spacial score (nSPS) is 10.5. The van der Waals surface area contributed by atoms with Crippen molar-refractivity contribution in [3.05, 3.63) is 131 Å². The zero-order valence-corrected chi connectivity index (χ0v) is 18.6. The minimum Gasteiger partial charge on any atom is -0.489 e. The third kappa shape index (κ3) is 6.11. The smallest absolute Gasteiger partial charge is 0.335 e. The summed E-state index contributed by atoms with van der Waals surface area (Å²) in [5.41, 5.74) is 4.46. The van der Waals surface area contributed by atoms with Gasteiger partial charge in [0.2, 0.25) is 5.91 Å². The predicted octanol–water partition coefficient (Wildman–Crippen LogP) is 5.74. The van der Waals surface area contributed by atoms with Crippen molar-refractivity contribution >= 4 is 17.6 Å². The van der Waals surface area contributed by atoms with Crippen molar-refractivity contribution in [2.45, 2.75) is 19.4 Å². The molecule has 0 saturated carbocycles. The molecule has 0 radical (unpaired) electrons. The van der Waals surface area contributed by atoms with Crippen LogP contribution in [-0.2, 0) is 24.2 Å². The summed E-state index contributed by atoms with van der Waals surface area (Å²) in [5, 5.41) is 12.4. The molecule has 0 fully saturated rings. The largest absolute Gasteiger partial charge is 0.489 e. The van der Waals surface area contributed by atoms with E-state index in [1.807, 2.05) is 84.9 Å². The lowest BCUT2D eigenvalue weighted by Gasteiger charge is -2.13. The topological polar surface area (TPSA) is 75.6 Å². The van der Waals surface area contributed by atoms with Gasteiger partial charge in [-0.25, -0.2) is 4.79 Å². The van der Waals surface area contributed by atoms with Crippen molar-refractivity contribution in [3.8, 4) is 5.75 Å². The molecule has 4 aromatic rings. The lowest BCUT2D eigenvalue weighted by Crippen LogP contribution is -2.16. The number of amides is 1. The number of carboxylic acid groups (broad SMARTS) is 1. The molecule has 0 aliphatic carbocycles. The Kier molecular flexibility index (Phi) is 7.35. The molecule has 0 spiro atoms. The summed E-state index contributed by atoms with van der Waals surface area (Å²) in [7, 11) is 0. The SMILES string of the molecule is O=C(Cc1ccc(OCc2ccccc2)cc1)Nc1ccccc1Cc1ccccc1C(=O)O. The molecule has 5 nitrogen and oxygen atoms in total. The van der Waals surface area contributed by atoms with Crippen LogP contribution in [0, 0.1) is 0 Å². The number of hydrogen-bond acceptors (Lipinski definition) is 3. The Bertz CT molecular complexity index is 1270. The monoisotopic (exact) mass is 451 g/mol. The number of carbonyl (C=O) groups is 2. The van der Waals surface area contributed by atoms with Gasteiger partial charge in [-0.3, -0.25) is 4.79 Å². The van der Waals surface area contributed by atoms with Gasteiger partial charge in [0.1, 0.15) is 12.4 Å². The number of ether oxygens (including phenoxy) is 1. The summed E-state index contributed by atoms with van der Waals surface area (Å²) < 4.78 is 5.80. The van der Waals surface area contributed by atoms with E-state index in [1.165, 1.54) is 0 Å². The van der Waals surface area contributed by atoms with Crippen molar-refractivity contribution in [2.75, 3.05) is 5.32 Å². The van der Waals surface area contributed by atoms with Crippen LogP contribution in [0.15, 0.2) is 103 Å². The number of aromatic carboxylic acids is 1. The van der Waals surface area contributed by atoms with Crippen LogP contribution >= 0.6 is 0 Å². The van der Waals surface area contributed by atoms with E-state index in [0.29, 0.717) is 24.3 Å². The van der Waals surface area contributed by atoms with Gasteiger partial charge in [0, 0.05) is 12.1 Å². The first-order chi connectivity index (χ1) is 16.6. The number of carbonyl (C=O) groups excluding carboxylic acids is 1. The van der Waals surface area contributed by atoms with E-state index in [1.54, 1.807) is 18.2 Å². The first-order valence-corrected chi connectivity index (χ1v) is 11.0. The third-order valence-electron chi connectivity index (χ3n) is 5.46. The van der Waals surface area contributed by atoms with Crippen molar-refractivity contribution in [1.82, 2.24) is 0 Å². The molecular weight excluding hydrogens is 426 g/mol. The summed E-state index contributed by atoms with van der Waals surface area (Å²) in [6.07, 6.45) is 0.630. The summed E-state index contributed by atoms with van der Waals surface area (Å²) in [5.74, 6) is -0.360. The fourth-order valence-corrected chi connectivity index (χ4v) is 3.71. The molecule has 0 bridgehead atoms. The fourth-order valence-electron chi connectivity index (χ4n) is 3.71. The molecule has 0 aliphatic heterocycles. The number of rotatable bonds is 9. The second-order valence-corrected chi connectivity index (χ2v) is 7.94. The minimum atomic E-state index is -0.965. The maximum Gasteiger partial charge on any atom is 0.335 e. The molecule has 0 atom stereocenters. The van der Waals surface area contributed by atoms with Gasteiger partial charge < -0.3 is 15.2 Å². The van der Waals surface area contributed by atoms with Gasteiger partial charge in [0.05, 0.1) is 12.0 Å². The van der Waals surface area contributed by atoms with Gasteiger partial charge in [0.25, 0.3) is 0 Å². The molecule has 34 heavy (non-hydrogen) atoms. The van der Waals surface area contributed by atoms with Gasteiger partial charge in [-0.15, -0.1) is 0 Å². The number of benzene rings is 4. The van der Waals surface area contributed by atoms with Gasteiger partial charge in [-0.2, -0.15) is 0 Å². The quantitative estimate of drug-likeness (QED) is 0.340. The maximum absolute atomic E-state index is 12.7. The zero-order valence-electron chi connectivity index (χ0n) is 18.6. The molecule has 0 saturated heterocycles. The molecule has 0 heterocycles. The number of para-hydroxylation sites is 1. The lowest BCUT2D eigenvalue weighted by molar-refractivity contribution is -0.115. The van der Waals surface area contributed by atoms with Crippen molar-refractivity contribution in [2.24, 2.45) is 0 Å². The summed E-state index contributed by atoms with van der Waals surface area (Å²) in [4.78, 5) is 24.3. The predicted molar refractivity (Wildman–Crippen MR) is 132 cm³/mol. The molecule has 0 aliphatic rings. The third-order valence-corrected chi connectivity index (χ3v) is 5.46. The molecule has 0 unspecified atom stereocenters. The zero-order chi connectivity index (χ0) is 23.8. The van der Waals surface area contributed by atoms with E-state index in [-0.39, 0.29) is 17.9 Å². The van der Waals surface area contributed by atoms with Crippen molar-refractivity contribution in [1.29, 1.82) is 0 Å². The Morgan fingerprint density at radius 3 is 2.09 bits per heavy atom. The fraction of sp³-hybridized carbons (Fsp3) is 0.103. The van der Waals surface area contributed by atoms with Crippen LogP contribution in [0.5, 0.6) is 5.75 Å². The number of nitrogens with one attached hydrogen (secondary N) is 1. The highest BCUT2D eigenvalue weighted by molar-refractivity contribution is 5.93. The van der Waals surface area contributed by atoms with Gasteiger partial charge >= 0.3 is 5.97 Å². The molecule has 4 aromatic carbocycles. The van der Waals surface area contributed by atoms with Crippen LogP contribution in [-0.4, -0.2) is 17.0 Å². The molecule has 1 amide bonds. The van der Waals surface area contributed by atoms with E-state index in [4.69, 9.17) is 4.74 Å². The first-order valence-electron chi connectivity index (χ1n) is 11.0. The standard InChI is InChI=1S/C29H25NO4/c31-28(18-21-14-16-25(17-15-21)34-20-22-8-2-1-3-9-22)30-27-13-7-5-11-24(27)19-23-10-4-6-12-26(23)29(32)33/h1-17H,18-20H2,(H,30,31)(H,32,33). The van der Waals surface area contributed by atoms with Gasteiger partial charge in [0.15, 0.2) is 0 Å². The van der Waals surface area contributed by atoms with Crippen molar-refractivity contribution < 1.29 is 19.4 Å². The van der Waals surface area contributed by atoms with Crippen LogP contribution < -0.4 is 10.1 Å². The molecule has 170 valence electrons. The second-order valence-electron chi connectivity index (χ2n) is 7.94. The van der Waals surface area contributed by atoms with Crippen LogP contribution in [0.4, 0.5) is 5.69 Å². The first kappa shape index (κ1) is 22.8. The Hall–Kier alpha value is -4.38. The molecule has 5 heteroatoms. The van der Waals surface area contributed by atoms with E-state index in [9.17, 15) is 14.7 Å². The Morgan fingerprint density at radius 2 is 1.35 bits per heavy atom. The molecule has 0 aromatic heterocycles. The highest BCUT2D eigenvalue weighted by Crippen LogP contribution is 2.22. The van der Waals surface area contributed by atoms with Crippen LogP contribution in [0.2, 0.25) is 0 Å².